The van der Waals surface area contributed by atoms with Crippen LogP contribution in [0.3, 0.4) is 0 Å². The van der Waals surface area contributed by atoms with Crippen LogP contribution in [0.1, 0.15) is 18.1 Å². The summed E-state index contributed by atoms with van der Waals surface area (Å²) in [7, 11) is 0. The van der Waals surface area contributed by atoms with Gasteiger partial charge in [-0.15, -0.1) is 0 Å². The molecule has 6 heteroatoms. The van der Waals surface area contributed by atoms with E-state index in [1.54, 1.807) is 12.2 Å². The molecule has 0 amide bonds. The van der Waals surface area contributed by atoms with Gasteiger partial charge in [0.25, 0.3) is 5.69 Å². The van der Waals surface area contributed by atoms with Gasteiger partial charge in [0.05, 0.1) is 10.5 Å². The summed E-state index contributed by atoms with van der Waals surface area (Å²) in [5, 5.41) is 19.5. The molecular formula is C12H10N2O3S. The molecule has 0 aromatic heterocycles. The van der Waals surface area contributed by atoms with Gasteiger partial charge >= 0.3 is 0 Å². The number of nitro benzene ring substituents is 1. The van der Waals surface area contributed by atoms with Crippen molar-refractivity contribution in [2.45, 2.75) is 6.92 Å². The first-order chi connectivity index (χ1) is 8.54. The SMILES string of the molecule is CC(=O)SCC=Cc1ccc([N+](=O)[O-])cc1C#N. The lowest BCUT2D eigenvalue weighted by Crippen LogP contribution is -1.90. The average molecular weight is 262 g/mol. The molecule has 0 saturated heterocycles. The van der Waals surface area contributed by atoms with Gasteiger partial charge in [0.1, 0.15) is 6.07 Å². The second-order valence-electron chi connectivity index (χ2n) is 3.35. The van der Waals surface area contributed by atoms with E-state index in [0.29, 0.717) is 11.3 Å². The highest BCUT2D eigenvalue weighted by Gasteiger charge is 2.08. The fourth-order valence-corrected chi connectivity index (χ4v) is 1.67. The quantitative estimate of drug-likeness (QED) is 0.615. The zero-order chi connectivity index (χ0) is 13.5. The Labute approximate surface area is 108 Å². The Morgan fingerprint density at radius 2 is 2.33 bits per heavy atom. The molecular weight excluding hydrogens is 252 g/mol. The monoisotopic (exact) mass is 262 g/mol. The van der Waals surface area contributed by atoms with E-state index in [1.807, 2.05) is 6.07 Å². The summed E-state index contributed by atoms with van der Waals surface area (Å²) >= 11 is 1.16. The second-order valence-corrected chi connectivity index (χ2v) is 4.54. The van der Waals surface area contributed by atoms with Crippen molar-refractivity contribution in [2.24, 2.45) is 0 Å². The predicted molar refractivity (Wildman–Crippen MR) is 70.0 cm³/mol. The largest absolute Gasteiger partial charge is 0.288 e. The minimum atomic E-state index is -0.542. The molecule has 0 heterocycles. The summed E-state index contributed by atoms with van der Waals surface area (Å²) in [5.41, 5.74) is 0.738. The van der Waals surface area contributed by atoms with Crippen molar-refractivity contribution in [3.63, 3.8) is 0 Å². The van der Waals surface area contributed by atoms with Crippen LogP contribution in [0, 0.1) is 21.4 Å². The van der Waals surface area contributed by atoms with E-state index in [0.717, 1.165) is 11.8 Å². The van der Waals surface area contributed by atoms with Crippen LogP contribution in [0.15, 0.2) is 24.3 Å². The highest BCUT2D eigenvalue weighted by atomic mass is 32.2. The fraction of sp³-hybridized carbons (Fsp3) is 0.167. The van der Waals surface area contributed by atoms with Crippen molar-refractivity contribution in [1.29, 1.82) is 5.26 Å². The lowest BCUT2D eigenvalue weighted by atomic mass is 10.1. The third-order valence-corrected chi connectivity index (χ3v) is 2.81. The molecule has 1 aromatic rings. The van der Waals surface area contributed by atoms with Gasteiger partial charge in [-0.3, -0.25) is 14.9 Å². The van der Waals surface area contributed by atoms with Gasteiger partial charge in [-0.05, 0) is 11.6 Å². The van der Waals surface area contributed by atoms with Gasteiger partial charge in [-0.25, -0.2) is 0 Å². The zero-order valence-electron chi connectivity index (χ0n) is 9.62. The molecule has 0 aliphatic heterocycles. The molecule has 1 aromatic carbocycles. The Bertz CT molecular complexity index is 547. The number of benzene rings is 1. The molecule has 18 heavy (non-hydrogen) atoms. The van der Waals surface area contributed by atoms with Gasteiger partial charge < -0.3 is 0 Å². The van der Waals surface area contributed by atoms with Crippen molar-refractivity contribution in [2.75, 3.05) is 5.75 Å². The minimum Gasteiger partial charge on any atom is -0.288 e. The molecule has 0 aliphatic rings. The number of hydrogen-bond acceptors (Lipinski definition) is 5. The van der Waals surface area contributed by atoms with Gasteiger partial charge in [0.15, 0.2) is 5.12 Å². The number of carbonyl (C=O) groups is 1. The number of hydrogen-bond donors (Lipinski definition) is 0. The number of thioether (sulfide) groups is 1. The predicted octanol–water partition coefficient (Wildman–Crippen LogP) is 2.76. The van der Waals surface area contributed by atoms with Crippen molar-refractivity contribution < 1.29 is 9.72 Å². The molecule has 0 bridgehead atoms. The molecule has 5 nitrogen and oxygen atoms in total. The van der Waals surface area contributed by atoms with Crippen molar-refractivity contribution >= 4 is 28.6 Å². The molecule has 0 unspecified atom stereocenters. The Hall–Kier alpha value is -2.13. The van der Waals surface area contributed by atoms with E-state index in [-0.39, 0.29) is 16.4 Å². The number of nitriles is 1. The third-order valence-electron chi connectivity index (χ3n) is 2.05. The molecule has 0 spiro atoms. The van der Waals surface area contributed by atoms with Crippen molar-refractivity contribution in [3.8, 4) is 6.07 Å². The standard InChI is InChI=1S/C12H10N2O3S/c1-9(15)18-6-2-3-10-4-5-12(14(16)17)7-11(10)8-13/h2-5,7H,6H2,1H3. The lowest BCUT2D eigenvalue weighted by Gasteiger charge is -1.98. The Morgan fingerprint density at radius 1 is 1.61 bits per heavy atom. The van der Waals surface area contributed by atoms with Crippen LogP contribution < -0.4 is 0 Å². The fourth-order valence-electron chi connectivity index (χ4n) is 1.24. The van der Waals surface area contributed by atoms with Crippen molar-refractivity contribution in [1.82, 2.24) is 0 Å². The summed E-state index contributed by atoms with van der Waals surface area (Å²) in [6.45, 7) is 1.48. The summed E-state index contributed by atoms with van der Waals surface area (Å²) < 4.78 is 0. The molecule has 0 saturated carbocycles. The van der Waals surface area contributed by atoms with Gasteiger partial charge in [0.2, 0.25) is 0 Å². The van der Waals surface area contributed by atoms with Gasteiger partial charge in [-0.1, -0.05) is 23.9 Å². The highest BCUT2D eigenvalue weighted by Crippen LogP contribution is 2.18. The maximum absolute atomic E-state index is 10.7. The van der Waals surface area contributed by atoms with Crippen LogP contribution in [0.25, 0.3) is 6.08 Å². The van der Waals surface area contributed by atoms with E-state index in [9.17, 15) is 14.9 Å². The topological polar surface area (TPSA) is 84.0 Å². The highest BCUT2D eigenvalue weighted by molar-refractivity contribution is 8.13. The maximum Gasteiger partial charge on any atom is 0.270 e. The van der Waals surface area contributed by atoms with E-state index in [2.05, 4.69) is 0 Å². The van der Waals surface area contributed by atoms with E-state index in [1.165, 1.54) is 25.1 Å². The average Bonchev–Trinajstić information content (AvgIpc) is 2.34. The number of non-ortho nitro benzene ring substituents is 1. The molecule has 92 valence electrons. The van der Waals surface area contributed by atoms with Crippen LogP contribution in [-0.2, 0) is 4.79 Å². The summed E-state index contributed by atoms with van der Waals surface area (Å²) in [6, 6.07) is 6.01. The van der Waals surface area contributed by atoms with Crippen LogP contribution >= 0.6 is 11.8 Å². The van der Waals surface area contributed by atoms with Crippen LogP contribution in [0.2, 0.25) is 0 Å². The first-order valence-corrected chi connectivity index (χ1v) is 6.01. The van der Waals surface area contributed by atoms with Crippen LogP contribution in [0.4, 0.5) is 5.69 Å². The third kappa shape index (κ3) is 4.03. The first kappa shape index (κ1) is 13.9. The summed E-state index contributed by atoms with van der Waals surface area (Å²) in [5.74, 6) is 0.511. The smallest absolute Gasteiger partial charge is 0.270 e. The molecule has 0 radical (unpaired) electrons. The molecule has 0 N–H and O–H groups in total. The Balaban J connectivity index is 2.87. The van der Waals surface area contributed by atoms with E-state index >= 15 is 0 Å². The molecule has 0 fully saturated rings. The lowest BCUT2D eigenvalue weighted by molar-refractivity contribution is -0.384. The summed E-state index contributed by atoms with van der Waals surface area (Å²) in [4.78, 5) is 20.7. The molecule has 0 atom stereocenters. The number of nitrogens with zero attached hydrogens (tertiary/aromatic N) is 2. The maximum atomic E-state index is 10.7. The zero-order valence-corrected chi connectivity index (χ0v) is 10.4. The number of nitro groups is 1. The Morgan fingerprint density at radius 3 is 2.89 bits per heavy atom. The normalized spacial score (nSPS) is 10.2. The van der Waals surface area contributed by atoms with E-state index in [4.69, 9.17) is 5.26 Å². The molecule has 1 rings (SSSR count). The number of rotatable bonds is 4. The minimum absolute atomic E-state index is 0.0175. The Kier molecular flexibility index (Phi) is 5.08. The first-order valence-electron chi connectivity index (χ1n) is 5.03. The van der Waals surface area contributed by atoms with Crippen LogP contribution in [0.5, 0.6) is 0 Å². The van der Waals surface area contributed by atoms with Gasteiger partial charge in [0, 0.05) is 24.8 Å². The molecule has 0 aliphatic carbocycles. The number of carbonyl (C=O) groups excluding carboxylic acids is 1. The second kappa shape index (κ2) is 6.57. The van der Waals surface area contributed by atoms with Crippen LogP contribution in [-0.4, -0.2) is 15.8 Å². The van der Waals surface area contributed by atoms with Gasteiger partial charge in [-0.2, -0.15) is 5.26 Å². The van der Waals surface area contributed by atoms with E-state index < -0.39 is 4.92 Å². The summed E-state index contributed by atoms with van der Waals surface area (Å²) in [6.07, 6.45) is 3.42. The van der Waals surface area contributed by atoms with Crippen molar-refractivity contribution in [3.05, 3.63) is 45.5 Å².